The van der Waals surface area contributed by atoms with Gasteiger partial charge in [-0.05, 0) is 61.8 Å². The molecule has 0 amide bonds. The van der Waals surface area contributed by atoms with E-state index in [2.05, 4.69) is 13.8 Å². The molecule has 0 aliphatic heterocycles. The number of carbonyl (C=O) groups excluding carboxylic acids is 1. The van der Waals surface area contributed by atoms with Gasteiger partial charge in [0.15, 0.2) is 0 Å². The van der Waals surface area contributed by atoms with E-state index in [0.717, 1.165) is 30.7 Å². The summed E-state index contributed by atoms with van der Waals surface area (Å²) in [5, 5.41) is 0. The molecular weight excluding hydrogens is 238 g/mol. The Labute approximate surface area is 115 Å². The molecule has 0 spiro atoms. The highest BCUT2D eigenvalue weighted by Gasteiger charge is 2.27. The van der Waals surface area contributed by atoms with E-state index in [9.17, 15) is 4.79 Å². The van der Waals surface area contributed by atoms with Gasteiger partial charge in [-0.1, -0.05) is 13.8 Å². The Morgan fingerprint density at radius 1 is 1.26 bits per heavy atom. The number of hydrogen-bond donors (Lipinski definition) is 1. The van der Waals surface area contributed by atoms with Gasteiger partial charge in [-0.3, -0.25) is 0 Å². The van der Waals surface area contributed by atoms with Crippen LogP contribution in [0.1, 0.15) is 49.0 Å². The van der Waals surface area contributed by atoms with Gasteiger partial charge in [-0.2, -0.15) is 0 Å². The zero-order chi connectivity index (χ0) is 14.0. The van der Waals surface area contributed by atoms with Crippen molar-refractivity contribution < 1.29 is 9.53 Å². The fourth-order valence-corrected chi connectivity index (χ4v) is 2.74. The summed E-state index contributed by atoms with van der Waals surface area (Å²) in [7, 11) is 0. The Kier molecular flexibility index (Phi) is 4.13. The maximum atomic E-state index is 12.2. The molecule has 1 saturated carbocycles. The molecule has 19 heavy (non-hydrogen) atoms. The molecule has 3 atom stereocenters. The van der Waals surface area contributed by atoms with Gasteiger partial charge in [-0.15, -0.1) is 0 Å². The highest BCUT2D eigenvalue weighted by Crippen LogP contribution is 2.31. The quantitative estimate of drug-likeness (QED) is 0.654. The van der Waals surface area contributed by atoms with E-state index < -0.39 is 0 Å². The first-order valence-electron chi connectivity index (χ1n) is 7.04. The highest BCUT2D eigenvalue weighted by molar-refractivity contribution is 5.91. The van der Waals surface area contributed by atoms with Crippen molar-refractivity contribution in [3.63, 3.8) is 0 Å². The van der Waals surface area contributed by atoms with Gasteiger partial charge in [0, 0.05) is 5.69 Å². The van der Waals surface area contributed by atoms with Crippen LogP contribution in [0, 0.1) is 18.8 Å². The van der Waals surface area contributed by atoms with Crippen molar-refractivity contribution in [1.82, 2.24) is 0 Å². The molecule has 2 rings (SSSR count). The summed E-state index contributed by atoms with van der Waals surface area (Å²) in [6.07, 6.45) is 3.15. The van der Waals surface area contributed by atoms with E-state index in [-0.39, 0.29) is 12.1 Å². The molecule has 0 bridgehead atoms. The van der Waals surface area contributed by atoms with Gasteiger partial charge in [0.2, 0.25) is 0 Å². The lowest BCUT2D eigenvalue weighted by molar-refractivity contribution is 0.00872. The average molecular weight is 261 g/mol. The number of carbonyl (C=O) groups is 1. The summed E-state index contributed by atoms with van der Waals surface area (Å²) in [5.74, 6) is 1.14. The summed E-state index contributed by atoms with van der Waals surface area (Å²) in [4.78, 5) is 12.2. The normalized spacial score (nSPS) is 27.0. The first kappa shape index (κ1) is 13.9. The second-order valence-electron chi connectivity index (χ2n) is 5.87. The fraction of sp³-hybridized carbons (Fsp3) is 0.562. The molecule has 2 N–H and O–H groups in total. The van der Waals surface area contributed by atoms with Crippen LogP contribution in [0.3, 0.4) is 0 Å². The molecule has 0 saturated heterocycles. The van der Waals surface area contributed by atoms with Crippen molar-refractivity contribution in [2.75, 3.05) is 5.73 Å². The van der Waals surface area contributed by atoms with Gasteiger partial charge in [-0.25, -0.2) is 4.79 Å². The van der Waals surface area contributed by atoms with Crippen LogP contribution in [-0.2, 0) is 4.74 Å². The topological polar surface area (TPSA) is 52.3 Å². The van der Waals surface area contributed by atoms with Gasteiger partial charge < -0.3 is 10.5 Å². The lowest BCUT2D eigenvalue weighted by Gasteiger charge is -2.31. The van der Waals surface area contributed by atoms with Crippen LogP contribution in [0.4, 0.5) is 5.69 Å². The number of nitrogen functional groups attached to an aromatic ring is 1. The molecular formula is C16H23NO2. The molecule has 3 nitrogen and oxygen atoms in total. The van der Waals surface area contributed by atoms with Crippen LogP contribution in [0.5, 0.6) is 0 Å². The van der Waals surface area contributed by atoms with Crippen LogP contribution in [0.15, 0.2) is 18.2 Å². The third-order valence-corrected chi connectivity index (χ3v) is 4.29. The van der Waals surface area contributed by atoms with Gasteiger partial charge >= 0.3 is 5.97 Å². The summed E-state index contributed by atoms with van der Waals surface area (Å²) >= 11 is 0. The molecule has 1 aromatic rings. The number of ether oxygens (including phenoxy) is 1. The molecule has 1 aliphatic rings. The number of esters is 1. The molecule has 1 fully saturated rings. The zero-order valence-corrected chi connectivity index (χ0v) is 12.0. The minimum atomic E-state index is -0.218. The van der Waals surface area contributed by atoms with Gasteiger partial charge in [0.1, 0.15) is 6.10 Å². The molecule has 0 aromatic heterocycles. The van der Waals surface area contributed by atoms with Crippen molar-refractivity contribution in [1.29, 1.82) is 0 Å². The van der Waals surface area contributed by atoms with E-state index in [1.165, 1.54) is 0 Å². The van der Waals surface area contributed by atoms with Crippen LogP contribution >= 0.6 is 0 Å². The molecule has 3 unspecified atom stereocenters. The third-order valence-electron chi connectivity index (χ3n) is 4.29. The van der Waals surface area contributed by atoms with E-state index in [1.807, 2.05) is 13.0 Å². The Morgan fingerprint density at radius 2 is 2.00 bits per heavy atom. The minimum Gasteiger partial charge on any atom is -0.459 e. The summed E-state index contributed by atoms with van der Waals surface area (Å²) in [6, 6.07) is 5.30. The largest absolute Gasteiger partial charge is 0.459 e. The number of anilines is 1. The zero-order valence-electron chi connectivity index (χ0n) is 12.0. The smallest absolute Gasteiger partial charge is 0.338 e. The SMILES string of the molecule is Cc1cc(N)ccc1C(=O)OC1CCC(C)C(C)C1. The van der Waals surface area contributed by atoms with Crippen LogP contribution in [0.25, 0.3) is 0 Å². The molecule has 1 aliphatic carbocycles. The average Bonchev–Trinajstić information content (AvgIpc) is 2.33. The standard InChI is InChI=1S/C16H23NO2/c1-10-4-6-14(9-11(10)2)19-16(18)15-7-5-13(17)8-12(15)3/h5,7-8,10-11,14H,4,6,9,17H2,1-3H3. The van der Waals surface area contributed by atoms with Crippen LogP contribution < -0.4 is 5.73 Å². The predicted molar refractivity (Wildman–Crippen MR) is 77.0 cm³/mol. The Morgan fingerprint density at radius 3 is 2.63 bits per heavy atom. The maximum Gasteiger partial charge on any atom is 0.338 e. The number of aryl methyl sites for hydroxylation is 1. The van der Waals surface area contributed by atoms with E-state index in [1.54, 1.807) is 12.1 Å². The molecule has 0 heterocycles. The lowest BCUT2D eigenvalue weighted by atomic mass is 9.80. The van der Waals surface area contributed by atoms with Crippen molar-refractivity contribution in [2.24, 2.45) is 11.8 Å². The molecule has 0 radical (unpaired) electrons. The number of rotatable bonds is 2. The fourth-order valence-electron chi connectivity index (χ4n) is 2.74. The van der Waals surface area contributed by atoms with Crippen molar-refractivity contribution in [3.05, 3.63) is 29.3 Å². The minimum absolute atomic E-state index is 0.0654. The van der Waals surface area contributed by atoms with E-state index in [4.69, 9.17) is 10.5 Å². The first-order chi connectivity index (χ1) is 8.97. The Balaban J connectivity index is 2.01. The van der Waals surface area contributed by atoms with Crippen molar-refractivity contribution in [2.45, 2.75) is 46.1 Å². The number of nitrogens with two attached hydrogens (primary N) is 1. The third kappa shape index (κ3) is 3.28. The van der Waals surface area contributed by atoms with Crippen molar-refractivity contribution in [3.8, 4) is 0 Å². The number of benzene rings is 1. The number of hydrogen-bond acceptors (Lipinski definition) is 3. The van der Waals surface area contributed by atoms with E-state index in [0.29, 0.717) is 17.2 Å². The Hall–Kier alpha value is -1.51. The summed E-state index contributed by atoms with van der Waals surface area (Å²) < 4.78 is 5.64. The second-order valence-corrected chi connectivity index (χ2v) is 5.87. The Bertz CT molecular complexity index is 470. The molecule has 1 aromatic carbocycles. The van der Waals surface area contributed by atoms with Crippen LogP contribution in [0.2, 0.25) is 0 Å². The molecule has 104 valence electrons. The summed E-state index contributed by atoms with van der Waals surface area (Å²) in [5.41, 5.74) is 7.87. The van der Waals surface area contributed by atoms with Gasteiger partial charge in [0.25, 0.3) is 0 Å². The lowest BCUT2D eigenvalue weighted by Crippen LogP contribution is -2.28. The van der Waals surface area contributed by atoms with Gasteiger partial charge in [0.05, 0.1) is 5.56 Å². The van der Waals surface area contributed by atoms with Crippen molar-refractivity contribution >= 4 is 11.7 Å². The van der Waals surface area contributed by atoms with E-state index >= 15 is 0 Å². The monoisotopic (exact) mass is 261 g/mol. The highest BCUT2D eigenvalue weighted by atomic mass is 16.5. The molecule has 3 heteroatoms. The summed E-state index contributed by atoms with van der Waals surface area (Å²) in [6.45, 7) is 6.39. The second kappa shape index (κ2) is 5.64. The predicted octanol–water partition coefficient (Wildman–Crippen LogP) is 3.56. The first-order valence-corrected chi connectivity index (χ1v) is 7.04. The maximum absolute atomic E-state index is 12.2. The van der Waals surface area contributed by atoms with Crippen LogP contribution in [-0.4, -0.2) is 12.1 Å².